The number of rotatable bonds is 8. The molecule has 0 fully saturated rings. The second kappa shape index (κ2) is 11.3. The van der Waals surface area contributed by atoms with E-state index in [2.05, 4.69) is 20.3 Å². The van der Waals surface area contributed by atoms with Gasteiger partial charge in [-0.1, -0.05) is 19.9 Å². The van der Waals surface area contributed by atoms with Gasteiger partial charge in [0.25, 0.3) is 0 Å². The first kappa shape index (κ1) is 27.2. The molecule has 0 N–H and O–H groups in total. The van der Waals surface area contributed by atoms with Crippen molar-refractivity contribution in [3.63, 3.8) is 0 Å². The summed E-state index contributed by atoms with van der Waals surface area (Å²) in [6, 6.07) is 6.57. The molecule has 2 aromatic carbocycles. The second-order valence-corrected chi connectivity index (χ2v) is 8.58. The highest BCUT2D eigenvalue weighted by Crippen LogP contribution is 2.42. The minimum Gasteiger partial charge on any atom is -0.493 e. The number of nitrogens with zero attached hydrogens (tertiary/aromatic N) is 5. The Balaban J connectivity index is 0.00000164. The number of benzene rings is 2. The SMILES string of the molecule is CC.CN(C)CCCOc1ccc2c(c1COc1cccc(F)c1C(F)(F)F)Cc1nc3nonc3nc1-2. The maximum Gasteiger partial charge on any atom is 0.422 e. The Morgan fingerprint density at radius 2 is 1.71 bits per heavy atom. The Labute approximate surface area is 216 Å². The van der Waals surface area contributed by atoms with Crippen LogP contribution >= 0.6 is 0 Å². The third-order valence-electron chi connectivity index (χ3n) is 5.81. The van der Waals surface area contributed by atoms with Crippen LogP contribution in [0.15, 0.2) is 35.0 Å². The average molecular weight is 534 g/mol. The normalized spacial score (nSPS) is 12.2. The molecule has 2 heterocycles. The Morgan fingerprint density at radius 1 is 0.974 bits per heavy atom. The van der Waals surface area contributed by atoms with Crippen molar-refractivity contribution in [2.45, 2.75) is 39.5 Å². The molecule has 0 aliphatic heterocycles. The Morgan fingerprint density at radius 3 is 2.42 bits per heavy atom. The molecule has 12 heteroatoms. The fourth-order valence-electron chi connectivity index (χ4n) is 4.18. The summed E-state index contributed by atoms with van der Waals surface area (Å²) in [6.07, 6.45) is -3.83. The lowest BCUT2D eigenvalue weighted by molar-refractivity contribution is -0.141. The molecule has 0 saturated carbocycles. The van der Waals surface area contributed by atoms with Crippen LogP contribution in [0.1, 0.15) is 42.7 Å². The highest BCUT2D eigenvalue weighted by molar-refractivity contribution is 5.79. The molecule has 0 radical (unpaired) electrons. The largest absolute Gasteiger partial charge is 0.493 e. The first-order valence-electron chi connectivity index (χ1n) is 12.1. The Bertz CT molecular complexity index is 1420. The van der Waals surface area contributed by atoms with E-state index in [4.69, 9.17) is 14.1 Å². The van der Waals surface area contributed by atoms with E-state index in [1.54, 1.807) is 6.07 Å². The van der Waals surface area contributed by atoms with Crippen LogP contribution in [0.25, 0.3) is 22.6 Å². The second-order valence-electron chi connectivity index (χ2n) is 8.58. The van der Waals surface area contributed by atoms with Gasteiger partial charge in [0.2, 0.25) is 11.3 Å². The third-order valence-corrected chi connectivity index (χ3v) is 5.81. The van der Waals surface area contributed by atoms with Gasteiger partial charge in [-0.3, -0.25) is 0 Å². The standard InChI is InChI=1S/C24H21F4N5O3.C2H6/c1-33(2)9-4-10-34-18-8-7-13-14(11-17-21(13)30-23-22(29-17)31-36-32-23)15(18)12-35-19-6-3-5-16(25)20(19)24(26,27)28;1-2/h3,5-8H,4,9-12H2,1-2H3;1-2H3. The van der Waals surface area contributed by atoms with Crippen LogP contribution in [0.5, 0.6) is 11.5 Å². The highest BCUT2D eigenvalue weighted by atomic mass is 19.4. The lowest BCUT2D eigenvalue weighted by atomic mass is 10.0. The van der Waals surface area contributed by atoms with Crippen molar-refractivity contribution in [2.75, 3.05) is 27.2 Å². The van der Waals surface area contributed by atoms with Crippen molar-refractivity contribution in [2.24, 2.45) is 0 Å². The Kier molecular flexibility index (Phi) is 8.10. The first-order chi connectivity index (χ1) is 18.2. The van der Waals surface area contributed by atoms with Gasteiger partial charge in [-0.05, 0) is 60.7 Å². The lowest BCUT2D eigenvalue weighted by Gasteiger charge is -2.19. The van der Waals surface area contributed by atoms with Crippen molar-refractivity contribution in [3.05, 3.63) is 58.5 Å². The summed E-state index contributed by atoms with van der Waals surface area (Å²) in [5.74, 6) is -1.53. The molecule has 202 valence electrons. The molecule has 2 aromatic heterocycles. The van der Waals surface area contributed by atoms with Crippen LogP contribution in [0.2, 0.25) is 0 Å². The number of aromatic nitrogens is 4. The van der Waals surface area contributed by atoms with E-state index in [1.807, 2.05) is 38.9 Å². The summed E-state index contributed by atoms with van der Waals surface area (Å²) in [5, 5.41) is 7.46. The van der Waals surface area contributed by atoms with Crippen LogP contribution in [-0.2, 0) is 19.2 Å². The maximum absolute atomic E-state index is 14.1. The van der Waals surface area contributed by atoms with Gasteiger partial charge >= 0.3 is 6.18 Å². The predicted octanol–water partition coefficient (Wildman–Crippen LogP) is 5.68. The van der Waals surface area contributed by atoms with Crippen molar-refractivity contribution < 1.29 is 31.7 Å². The van der Waals surface area contributed by atoms with Gasteiger partial charge in [-0.2, -0.15) is 13.2 Å². The molecule has 0 atom stereocenters. The number of halogens is 4. The smallest absolute Gasteiger partial charge is 0.422 e. The van der Waals surface area contributed by atoms with E-state index >= 15 is 0 Å². The molecular formula is C26H27F4N5O3. The van der Waals surface area contributed by atoms with Gasteiger partial charge in [-0.25, -0.2) is 19.0 Å². The Hall–Kier alpha value is -3.80. The quantitative estimate of drug-likeness (QED) is 0.186. The lowest BCUT2D eigenvalue weighted by Crippen LogP contribution is -2.16. The topological polar surface area (TPSA) is 86.4 Å². The summed E-state index contributed by atoms with van der Waals surface area (Å²) < 4.78 is 70.8. The number of hydrogen-bond acceptors (Lipinski definition) is 8. The minimum atomic E-state index is -4.91. The molecular weight excluding hydrogens is 506 g/mol. The van der Waals surface area contributed by atoms with Crippen LogP contribution in [0, 0.1) is 5.82 Å². The van der Waals surface area contributed by atoms with E-state index in [9.17, 15) is 17.6 Å². The molecule has 0 spiro atoms. The van der Waals surface area contributed by atoms with E-state index in [0.29, 0.717) is 35.7 Å². The molecule has 0 bridgehead atoms. The van der Waals surface area contributed by atoms with Crippen molar-refractivity contribution >= 4 is 11.3 Å². The molecule has 0 unspecified atom stereocenters. The molecule has 5 rings (SSSR count). The van der Waals surface area contributed by atoms with Crippen LogP contribution < -0.4 is 9.47 Å². The molecule has 4 aromatic rings. The molecule has 0 amide bonds. The fraction of sp³-hybridized carbons (Fsp3) is 0.385. The number of alkyl halides is 3. The zero-order chi connectivity index (χ0) is 27.4. The molecule has 1 aliphatic carbocycles. The fourth-order valence-corrected chi connectivity index (χ4v) is 4.18. The molecule has 0 saturated heterocycles. The van der Waals surface area contributed by atoms with Gasteiger partial charge in [-0.15, -0.1) is 0 Å². The summed E-state index contributed by atoms with van der Waals surface area (Å²) in [6.45, 7) is 4.92. The van der Waals surface area contributed by atoms with Gasteiger partial charge in [0.05, 0.1) is 18.0 Å². The van der Waals surface area contributed by atoms with Gasteiger partial charge < -0.3 is 14.4 Å². The highest BCUT2D eigenvalue weighted by Gasteiger charge is 2.38. The predicted molar refractivity (Wildman–Crippen MR) is 131 cm³/mol. The van der Waals surface area contributed by atoms with Crippen molar-refractivity contribution in [3.8, 4) is 22.8 Å². The third kappa shape index (κ3) is 5.54. The zero-order valence-corrected chi connectivity index (χ0v) is 21.4. The molecule has 1 aliphatic rings. The summed E-state index contributed by atoms with van der Waals surface area (Å²) in [7, 11) is 3.90. The maximum atomic E-state index is 14.1. The summed E-state index contributed by atoms with van der Waals surface area (Å²) in [4.78, 5) is 11.0. The van der Waals surface area contributed by atoms with E-state index in [-0.39, 0.29) is 17.9 Å². The number of hydrogen-bond donors (Lipinski definition) is 0. The van der Waals surface area contributed by atoms with Crippen LogP contribution in [-0.4, -0.2) is 52.4 Å². The molecule has 8 nitrogen and oxygen atoms in total. The van der Waals surface area contributed by atoms with Crippen LogP contribution in [0.3, 0.4) is 0 Å². The summed E-state index contributed by atoms with van der Waals surface area (Å²) in [5.41, 5.74) is 2.29. The van der Waals surface area contributed by atoms with Gasteiger partial charge in [0.15, 0.2) is 0 Å². The summed E-state index contributed by atoms with van der Waals surface area (Å²) >= 11 is 0. The van der Waals surface area contributed by atoms with E-state index in [0.717, 1.165) is 36.2 Å². The van der Waals surface area contributed by atoms with Crippen molar-refractivity contribution in [1.82, 2.24) is 25.2 Å². The first-order valence-corrected chi connectivity index (χ1v) is 12.1. The zero-order valence-electron chi connectivity index (χ0n) is 21.4. The molecule has 38 heavy (non-hydrogen) atoms. The van der Waals surface area contributed by atoms with E-state index < -0.39 is 23.3 Å². The van der Waals surface area contributed by atoms with Gasteiger partial charge in [0, 0.05) is 24.1 Å². The number of ether oxygens (including phenoxy) is 2. The number of fused-ring (bicyclic) bond motifs is 4. The van der Waals surface area contributed by atoms with E-state index in [1.165, 1.54) is 6.07 Å². The van der Waals surface area contributed by atoms with Gasteiger partial charge in [0.1, 0.15) is 29.5 Å². The minimum absolute atomic E-state index is 0.248. The van der Waals surface area contributed by atoms with Crippen LogP contribution in [0.4, 0.5) is 17.6 Å². The monoisotopic (exact) mass is 533 g/mol. The van der Waals surface area contributed by atoms with Crippen molar-refractivity contribution in [1.29, 1.82) is 0 Å². The average Bonchev–Trinajstić information content (AvgIpc) is 3.48.